The third kappa shape index (κ3) is 3.46. The van der Waals surface area contributed by atoms with Gasteiger partial charge in [0, 0.05) is 11.6 Å². The first-order valence-electron chi connectivity index (χ1n) is 8.26. The van der Waals surface area contributed by atoms with Crippen LogP contribution >= 0.6 is 22.1 Å². The standard InChI is InChI=1S/C20H18ClN3OS/c21-16-4-5-17-18(10-16)23-20(24-19(17)25)26-7-6-15(12-26)9-13-2-1-3-14(8-13)11-22/h1-8,10,12,23H,9,11,22H2,(H,24,25). The summed E-state index contributed by atoms with van der Waals surface area (Å²) in [5.74, 6) is 0. The van der Waals surface area contributed by atoms with E-state index in [-0.39, 0.29) is 16.0 Å². The molecule has 6 heteroatoms. The summed E-state index contributed by atoms with van der Waals surface area (Å²) in [4.78, 5) is 18.6. The Morgan fingerprint density at radius 2 is 1.92 bits per heavy atom. The van der Waals surface area contributed by atoms with E-state index in [0.717, 1.165) is 22.3 Å². The van der Waals surface area contributed by atoms with Crippen molar-refractivity contribution < 1.29 is 0 Å². The van der Waals surface area contributed by atoms with Crippen LogP contribution in [0.3, 0.4) is 0 Å². The lowest BCUT2D eigenvalue weighted by Crippen LogP contribution is -2.08. The van der Waals surface area contributed by atoms with Gasteiger partial charge in [-0.1, -0.05) is 52.4 Å². The molecule has 3 aromatic rings. The van der Waals surface area contributed by atoms with E-state index in [1.807, 2.05) is 12.1 Å². The molecule has 1 atom stereocenters. The number of nitrogens with one attached hydrogen (secondary N) is 2. The molecule has 0 spiro atoms. The SMILES string of the molecule is NCc1cccc(CC2=CS(=c3[nH]c(=O)c4ccc(Cl)cc4[nH]3)C=C2)c1. The fraction of sp³-hybridized carbons (Fsp3) is 0.100. The molecule has 0 saturated carbocycles. The summed E-state index contributed by atoms with van der Waals surface area (Å²) in [5, 5.41) is 5.51. The summed E-state index contributed by atoms with van der Waals surface area (Å²) >= 11 is 6.06. The van der Waals surface area contributed by atoms with Gasteiger partial charge >= 0.3 is 0 Å². The van der Waals surface area contributed by atoms with Gasteiger partial charge in [-0.15, -0.1) is 0 Å². The molecule has 1 unspecified atom stereocenters. The van der Waals surface area contributed by atoms with E-state index in [4.69, 9.17) is 17.3 Å². The van der Waals surface area contributed by atoms with Crippen molar-refractivity contribution in [2.75, 3.05) is 0 Å². The number of hydrogen-bond donors (Lipinski definition) is 3. The second kappa shape index (κ2) is 7.11. The summed E-state index contributed by atoms with van der Waals surface area (Å²) in [7, 11) is -0.296. The molecule has 132 valence electrons. The molecule has 0 amide bonds. The Hall–Kier alpha value is -2.34. The minimum Gasteiger partial charge on any atom is -0.336 e. The highest BCUT2D eigenvalue weighted by Gasteiger charge is 2.07. The maximum absolute atomic E-state index is 12.3. The molecule has 4 N–H and O–H groups in total. The van der Waals surface area contributed by atoms with Crippen LogP contribution in [0.2, 0.25) is 5.02 Å². The average Bonchev–Trinajstić information content (AvgIpc) is 3.10. The monoisotopic (exact) mass is 383 g/mol. The van der Waals surface area contributed by atoms with Crippen LogP contribution in [0.5, 0.6) is 0 Å². The van der Waals surface area contributed by atoms with E-state index >= 15 is 0 Å². The first-order valence-corrected chi connectivity index (χ1v) is 9.99. The van der Waals surface area contributed by atoms with E-state index in [9.17, 15) is 4.79 Å². The van der Waals surface area contributed by atoms with E-state index in [1.165, 1.54) is 11.1 Å². The molecule has 26 heavy (non-hydrogen) atoms. The van der Waals surface area contributed by atoms with E-state index in [2.05, 4.69) is 39.0 Å². The number of aromatic nitrogens is 2. The largest absolute Gasteiger partial charge is 0.336 e. The molecule has 1 aromatic heterocycles. The molecule has 4 rings (SSSR count). The van der Waals surface area contributed by atoms with Gasteiger partial charge in [-0.2, -0.15) is 0 Å². The van der Waals surface area contributed by atoms with Gasteiger partial charge in [0.25, 0.3) is 5.56 Å². The van der Waals surface area contributed by atoms with Gasteiger partial charge in [-0.3, -0.25) is 4.79 Å². The first kappa shape index (κ1) is 17.1. The Labute approximate surface area is 158 Å². The van der Waals surface area contributed by atoms with Crippen LogP contribution in [0.25, 0.3) is 10.9 Å². The smallest absolute Gasteiger partial charge is 0.259 e. The summed E-state index contributed by atoms with van der Waals surface area (Å²) in [6.45, 7) is 0.545. The molecule has 4 nitrogen and oxygen atoms in total. The summed E-state index contributed by atoms with van der Waals surface area (Å²) in [6, 6.07) is 13.5. The Morgan fingerprint density at radius 1 is 1.08 bits per heavy atom. The Balaban J connectivity index is 1.73. The predicted molar refractivity (Wildman–Crippen MR) is 110 cm³/mol. The molecule has 0 fully saturated rings. The second-order valence-corrected chi connectivity index (χ2v) is 8.26. The third-order valence-electron chi connectivity index (χ3n) is 4.28. The molecule has 0 aliphatic carbocycles. The van der Waals surface area contributed by atoms with Crippen molar-refractivity contribution in [1.82, 2.24) is 9.97 Å². The van der Waals surface area contributed by atoms with E-state index < -0.39 is 0 Å². The number of halogens is 1. The summed E-state index contributed by atoms with van der Waals surface area (Å²) < 4.78 is 0.784. The zero-order valence-corrected chi connectivity index (χ0v) is 15.5. The first-order chi connectivity index (χ1) is 12.6. The summed E-state index contributed by atoms with van der Waals surface area (Å²) in [6.07, 6.45) is 2.96. The lowest BCUT2D eigenvalue weighted by molar-refractivity contribution is 1.06. The lowest BCUT2D eigenvalue weighted by Gasteiger charge is -2.03. The highest BCUT2D eigenvalue weighted by Crippen LogP contribution is 2.31. The highest BCUT2D eigenvalue weighted by molar-refractivity contribution is 8.14. The molecule has 1 aliphatic rings. The zero-order chi connectivity index (χ0) is 18.1. The van der Waals surface area contributed by atoms with Crippen LogP contribution in [0, 0.1) is 4.77 Å². The number of benzene rings is 2. The van der Waals surface area contributed by atoms with Gasteiger partial charge in [0.05, 0.1) is 10.9 Å². The maximum atomic E-state index is 12.3. The minimum absolute atomic E-state index is 0.108. The van der Waals surface area contributed by atoms with Crippen molar-refractivity contribution >= 4 is 33.0 Å². The number of nitrogens with two attached hydrogens (primary N) is 1. The molecule has 2 aromatic carbocycles. The van der Waals surface area contributed by atoms with Crippen molar-refractivity contribution in [3.8, 4) is 0 Å². The molecule has 2 heterocycles. The van der Waals surface area contributed by atoms with Crippen LogP contribution in [0.15, 0.2) is 69.7 Å². The minimum atomic E-state index is -0.296. The Bertz CT molecular complexity index is 1190. The number of fused-ring (bicyclic) bond motifs is 1. The van der Waals surface area contributed by atoms with Crippen LogP contribution in [0.1, 0.15) is 11.1 Å². The van der Waals surface area contributed by atoms with Crippen molar-refractivity contribution in [1.29, 1.82) is 0 Å². The number of rotatable bonds is 3. The summed E-state index contributed by atoms with van der Waals surface area (Å²) in [5.41, 5.74) is 9.95. The van der Waals surface area contributed by atoms with Crippen molar-refractivity contribution in [3.05, 3.63) is 96.2 Å². The number of hydrogen-bond acceptors (Lipinski definition) is 2. The van der Waals surface area contributed by atoms with Gasteiger partial charge in [0.1, 0.15) is 4.77 Å². The normalized spacial score (nSPS) is 16.9. The Kier molecular flexibility index (Phi) is 4.68. The van der Waals surface area contributed by atoms with Gasteiger partial charge in [0.2, 0.25) is 0 Å². The quantitative estimate of drug-likeness (QED) is 0.585. The maximum Gasteiger partial charge on any atom is 0.259 e. The van der Waals surface area contributed by atoms with Crippen LogP contribution in [-0.4, -0.2) is 9.97 Å². The Morgan fingerprint density at radius 3 is 2.77 bits per heavy atom. The molecular formula is C20H18ClN3OS. The average molecular weight is 384 g/mol. The molecule has 0 bridgehead atoms. The zero-order valence-electron chi connectivity index (χ0n) is 14.0. The highest BCUT2D eigenvalue weighted by atomic mass is 35.5. The predicted octanol–water partition coefficient (Wildman–Crippen LogP) is 4.42. The van der Waals surface area contributed by atoms with Crippen molar-refractivity contribution in [2.24, 2.45) is 5.73 Å². The number of aromatic amines is 2. The third-order valence-corrected chi connectivity index (χ3v) is 6.18. The van der Waals surface area contributed by atoms with Crippen LogP contribution in [-0.2, 0) is 13.0 Å². The van der Waals surface area contributed by atoms with E-state index in [0.29, 0.717) is 17.0 Å². The van der Waals surface area contributed by atoms with Crippen LogP contribution in [0.4, 0.5) is 0 Å². The van der Waals surface area contributed by atoms with Gasteiger partial charge in [0.15, 0.2) is 0 Å². The number of allylic oxidation sites excluding steroid dienone is 2. The van der Waals surface area contributed by atoms with Crippen molar-refractivity contribution in [3.63, 3.8) is 0 Å². The van der Waals surface area contributed by atoms with Gasteiger partial charge in [-0.05, 0) is 52.1 Å². The van der Waals surface area contributed by atoms with Gasteiger partial charge in [-0.25, -0.2) is 0 Å². The van der Waals surface area contributed by atoms with Gasteiger partial charge < -0.3 is 15.7 Å². The molecule has 1 aliphatic heterocycles. The van der Waals surface area contributed by atoms with E-state index in [1.54, 1.807) is 18.2 Å². The molecular weight excluding hydrogens is 366 g/mol. The molecule has 0 radical (unpaired) electrons. The van der Waals surface area contributed by atoms with Crippen LogP contribution < -0.4 is 11.3 Å². The fourth-order valence-electron chi connectivity index (χ4n) is 2.99. The second-order valence-electron chi connectivity index (χ2n) is 6.17. The topological polar surface area (TPSA) is 74.7 Å². The van der Waals surface area contributed by atoms with Crippen molar-refractivity contribution in [2.45, 2.75) is 13.0 Å². The molecule has 0 saturated heterocycles. The fourth-order valence-corrected chi connectivity index (χ4v) is 4.74. The number of H-pyrrole nitrogens is 2. The lowest BCUT2D eigenvalue weighted by atomic mass is 10.0.